The lowest BCUT2D eigenvalue weighted by molar-refractivity contribution is 0.542. The van der Waals surface area contributed by atoms with E-state index < -0.39 is 16.6 Å². The second-order valence-corrected chi connectivity index (χ2v) is 13.1. The molecule has 2 N–H and O–H groups in total. The maximum Gasteiger partial charge on any atom is 0.187 e. The molecule has 0 unspecified atom stereocenters. The highest BCUT2D eigenvalue weighted by atomic mass is 28.4. The summed E-state index contributed by atoms with van der Waals surface area (Å²) in [7, 11) is -2.85. The maximum atomic E-state index is 6.08. The monoisotopic (exact) mass is 191 g/mol. The van der Waals surface area contributed by atoms with E-state index in [1.54, 1.807) is 0 Å². The Balaban J connectivity index is 4.02. The van der Waals surface area contributed by atoms with E-state index in [2.05, 4.69) is 33.1 Å². The summed E-state index contributed by atoms with van der Waals surface area (Å²) in [5.41, 5.74) is 5.63. The van der Waals surface area contributed by atoms with Crippen LogP contribution < -0.4 is 5.73 Å². The van der Waals surface area contributed by atoms with Crippen LogP contribution in [0.4, 0.5) is 0 Å². The molecular weight excluding hydrogens is 170 g/mol. The highest BCUT2D eigenvalue weighted by Crippen LogP contribution is 2.16. The fourth-order valence-corrected chi connectivity index (χ4v) is 7.76. The van der Waals surface area contributed by atoms with Crippen LogP contribution in [0.3, 0.4) is 0 Å². The molecule has 0 atom stereocenters. The molecule has 0 aromatic carbocycles. The van der Waals surface area contributed by atoms with Crippen molar-refractivity contribution in [1.82, 2.24) is 0 Å². The molecule has 0 aliphatic rings. The third kappa shape index (κ3) is 4.73. The van der Waals surface area contributed by atoms with E-state index in [0.717, 1.165) is 6.17 Å². The maximum absolute atomic E-state index is 6.08. The molecule has 0 saturated carbocycles. The molecule has 0 rings (SSSR count). The third-order valence-electron chi connectivity index (χ3n) is 1.90. The summed E-state index contributed by atoms with van der Waals surface area (Å²) in [5.74, 6) is 0. The van der Waals surface area contributed by atoms with Crippen molar-refractivity contribution >= 4 is 16.6 Å². The van der Waals surface area contributed by atoms with Crippen molar-refractivity contribution in [3.05, 3.63) is 0 Å². The van der Waals surface area contributed by atoms with Crippen LogP contribution in [0, 0.1) is 0 Å². The van der Waals surface area contributed by atoms with Gasteiger partial charge in [0.1, 0.15) is 0 Å². The summed E-state index contributed by atoms with van der Waals surface area (Å²) in [6.45, 7) is 11.1. The van der Waals surface area contributed by atoms with Crippen molar-refractivity contribution in [2.75, 3.05) is 6.17 Å². The largest absolute Gasteiger partial charge is 0.455 e. The fraction of sp³-hybridized carbons (Fsp3) is 1.00. The first-order valence-corrected chi connectivity index (χ1v) is 10.5. The molecule has 0 radical (unpaired) electrons. The van der Waals surface area contributed by atoms with E-state index in [9.17, 15) is 0 Å². The van der Waals surface area contributed by atoms with Gasteiger partial charge in [0.25, 0.3) is 0 Å². The quantitative estimate of drug-likeness (QED) is 0.689. The SMILES string of the molecule is CC[Si](C)(C)O[Si](C)(C)CN. The van der Waals surface area contributed by atoms with Gasteiger partial charge in [0.05, 0.1) is 0 Å². The van der Waals surface area contributed by atoms with Crippen molar-refractivity contribution in [3.8, 4) is 0 Å². The van der Waals surface area contributed by atoms with Gasteiger partial charge in [-0.25, -0.2) is 0 Å². The molecule has 2 nitrogen and oxygen atoms in total. The Morgan fingerprint density at radius 2 is 1.55 bits per heavy atom. The molecular formula is C7H21NOSi2. The number of hydrogen-bond donors (Lipinski definition) is 1. The first-order chi connectivity index (χ1) is 4.83. The van der Waals surface area contributed by atoms with E-state index in [4.69, 9.17) is 9.85 Å². The zero-order valence-electron chi connectivity index (χ0n) is 8.40. The summed E-state index contributed by atoms with van der Waals surface area (Å²) in [6, 6.07) is 1.18. The summed E-state index contributed by atoms with van der Waals surface area (Å²) in [5, 5.41) is 0. The molecule has 0 heterocycles. The number of rotatable bonds is 4. The Hall–Kier alpha value is 0.354. The molecule has 4 heteroatoms. The van der Waals surface area contributed by atoms with Crippen LogP contribution in [-0.4, -0.2) is 22.8 Å². The molecule has 0 aromatic heterocycles. The highest BCUT2D eigenvalue weighted by Gasteiger charge is 2.30. The van der Waals surface area contributed by atoms with Gasteiger partial charge in [-0.15, -0.1) is 0 Å². The van der Waals surface area contributed by atoms with Gasteiger partial charge in [-0.2, -0.15) is 0 Å². The van der Waals surface area contributed by atoms with Crippen molar-refractivity contribution in [3.63, 3.8) is 0 Å². The fourth-order valence-electron chi connectivity index (χ4n) is 0.862. The topological polar surface area (TPSA) is 35.2 Å². The summed E-state index contributed by atoms with van der Waals surface area (Å²) >= 11 is 0. The number of nitrogens with two attached hydrogens (primary N) is 1. The first-order valence-electron chi connectivity index (χ1n) is 4.23. The Morgan fingerprint density at radius 3 is 1.82 bits per heavy atom. The van der Waals surface area contributed by atoms with Gasteiger partial charge in [0.15, 0.2) is 16.6 Å². The van der Waals surface area contributed by atoms with E-state index in [-0.39, 0.29) is 0 Å². The molecule has 0 spiro atoms. The van der Waals surface area contributed by atoms with Crippen molar-refractivity contribution < 1.29 is 4.12 Å². The lowest BCUT2D eigenvalue weighted by Gasteiger charge is -2.32. The van der Waals surface area contributed by atoms with Gasteiger partial charge in [-0.05, 0) is 32.2 Å². The summed E-state index contributed by atoms with van der Waals surface area (Å²) in [6.07, 6.45) is 0.740. The van der Waals surface area contributed by atoms with E-state index in [1.165, 1.54) is 6.04 Å². The standard InChI is InChI=1S/C7H21NOSi2/c1-6-10(2,3)9-11(4,5)7-8/h6-8H2,1-5H3. The van der Waals surface area contributed by atoms with Gasteiger partial charge in [0.2, 0.25) is 0 Å². The molecule has 0 amide bonds. The van der Waals surface area contributed by atoms with Crippen molar-refractivity contribution in [1.29, 1.82) is 0 Å². The van der Waals surface area contributed by atoms with Crippen LogP contribution in [0.2, 0.25) is 32.2 Å². The summed E-state index contributed by atoms with van der Waals surface area (Å²) in [4.78, 5) is 0. The molecule has 0 saturated heterocycles. The lowest BCUT2D eigenvalue weighted by Crippen LogP contribution is -2.49. The molecule has 0 aliphatic heterocycles. The van der Waals surface area contributed by atoms with E-state index in [0.29, 0.717) is 0 Å². The van der Waals surface area contributed by atoms with Crippen LogP contribution in [0.1, 0.15) is 6.92 Å². The second-order valence-electron chi connectivity index (χ2n) is 4.18. The Kier molecular flexibility index (Phi) is 3.97. The zero-order chi connectivity index (χ0) is 9.12. The van der Waals surface area contributed by atoms with Gasteiger partial charge < -0.3 is 9.85 Å². The predicted octanol–water partition coefficient (Wildman–Crippen LogP) is 1.93. The Bertz CT molecular complexity index is 112. The predicted molar refractivity (Wildman–Crippen MR) is 55.6 cm³/mol. The first kappa shape index (κ1) is 11.4. The Labute approximate surface area is 72.4 Å². The van der Waals surface area contributed by atoms with E-state index >= 15 is 0 Å². The van der Waals surface area contributed by atoms with Crippen molar-refractivity contribution in [2.24, 2.45) is 5.73 Å². The minimum absolute atomic E-state index is 0.740. The third-order valence-corrected chi connectivity index (χ3v) is 9.00. The van der Waals surface area contributed by atoms with Crippen LogP contribution in [0.15, 0.2) is 0 Å². The average molecular weight is 191 g/mol. The van der Waals surface area contributed by atoms with Crippen LogP contribution in [0.5, 0.6) is 0 Å². The smallest absolute Gasteiger partial charge is 0.187 e. The van der Waals surface area contributed by atoms with Crippen molar-refractivity contribution in [2.45, 2.75) is 39.2 Å². The van der Waals surface area contributed by atoms with Gasteiger partial charge in [0, 0.05) is 6.17 Å². The van der Waals surface area contributed by atoms with Gasteiger partial charge in [-0.3, -0.25) is 0 Å². The zero-order valence-corrected chi connectivity index (χ0v) is 10.4. The molecule has 0 bridgehead atoms. The summed E-state index contributed by atoms with van der Waals surface area (Å²) < 4.78 is 6.08. The minimum atomic E-state index is -1.49. The minimum Gasteiger partial charge on any atom is -0.455 e. The molecule has 0 aromatic rings. The molecule has 11 heavy (non-hydrogen) atoms. The molecule has 68 valence electrons. The van der Waals surface area contributed by atoms with Crippen LogP contribution in [-0.2, 0) is 4.12 Å². The highest BCUT2D eigenvalue weighted by molar-refractivity contribution is 6.84. The Morgan fingerprint density at radius 1 is 1.09 bits per heavy atom. The second kappa shape index (κ2) is 3.84. The average Bonchev–Trinajstić information content (AvgIpc) is 1.86. The molecule has 0 fully saturated rings. The number of hydrogen-bond acceptors (Lipinski definition) is 2. The van der Waals surface area contributed by atoms with Crippen LogP contribution in [0.25, 0.3) is 0 Å². The van der Waals surface area contributed by atoms with Gasteiger partial charge >= 0.3 is 0 Å². The van der Waals surface area contributed by atoms with Crippen LogP contribution >= 0.6 is 0 Å². The molecule has 0 aliphatic carbocycles. The normalized spacial score (nSPS) is 13.6. The lowest BCUT2D eigenvalue weighted by atomic mass is 11.0. The van der Waals surface area contributed by atoms with Gasteiger partial charge in [-0.1, -0.05) is 6.92 Å². The van der Waals surface area contributed by atoms with E-state index in [1.807, 2.05) is 0 Å².